The van der Waals surface area contributed by atoms with E-state index in [-0.39, 0.29) is 0 Å². The van der Waals surface area contributed by atoms with Gasteiger partial charge in [-0.15, -0.1) is 11.3 Å². The predicted molar refractivity (Wildman–Crippen MR) is 69.2 cm³/mol. The Bertz CT molecular complexity index is 629. The highest BCUT2D eigenvalue weighted by Gasteiger charge is 2.31. The van der Waals surface area contributed by atoms with E-state index in [1.165, 1.54) is 13.1 Å². The van der Waals surface area contributed by atoms with Crippen LogP contribution in [0, 0.1) is 29.1 Å². The zero-order chi connectivity index (χ0) is 15.0. The molecule has 2 rings (SSSR count). The lowest BCUT2D eigenvalue weighted by molar-refractivity contribution is 0.364. The summed E-state index contributed by atoms with van der Waals surface area (Å²) in [7, 11) is 1.37. The van der Waals surface area contributed by atoms with Gasteiger partial charge in [0.1, 0.15) is 0 Å². The zero-order valence-corrected chi connectivity index (χ0v) is 12.3. The van der Waals surface area contributed by atoms with Gasteiger partial charge >= 0.3 is 0 Å². The molecule has 0 spiro atoms. The van der Waals surface area contributed by atoms with Crippen LogP contribution in [0.4, 0.5) is 22.0 Å². The number of rotatable bonds is 3. The molecule has 1 unspecified atom stereocenters. The van der Waals surface area contributed by atoms with Crippen LogP contribution < -0.4 is 5.32 Å². The van der Waals surface area contributed by atoms with Gasteiger partial charge in [-0.1, -0.05) is 0 Å². The molecule has 2 aromatic rings. The summed E-state index contributed by atoms with van der Waals surface area (Å²) in [6, 6.07) is 2.03. The Morgan fingerprint density at radius 3 is 1.85 bits per heavy atom. The quantitative estimate of drug-likeness (QED) is 0.475. The average Bonchev–Trinajstić information content (AvgIpc) is 2.85. The summed E-state index contributed by atoms with van der Waals surface area (Å²) in [5.41, 5.74) is -0.891. The Labute approximate surface area is 123 Å². The normalized spacial score (nSPS) is 12.8. The predicted octanol–water partition coefficient (Wildman–Crippen LogP) is 4.51. The van der Waals surface area contributed by atoms with Crippen LogP contribution in [0.15, 0.2) is 15.9 Å². The third-order valence-corrected chi connectivity index (χ3v) is 4.39. The third kappa shape index (κ3) is 2.47. The Morgan fingerprint density at radius 2 is 1.45 bits per heavy atom. The van der Waals surface area contributed by atoms with Gasteiger partial charge in [-0.25, -0.2) is 22.0 Å². The first-order valence-corrected chi connectivity index (χ1v) is 6.93. The molecule has 1 aromatic heterocycles. The van der Waals surface area contributed by atoms with Gasteiger partial charge in [0, 0.05) is 4.88 Å². The maximum absolute atomic E-state index is 13.8. The van der Waals surface area contributed by atoms with E-state index in [1.807, 2.05) is 0 Å². The van der Waals surface area contributed by atoms with Crippen LogP contribution in [-0.2, 0) is 0 Å². The first-order chi connectivity index (χ1) is 9.38. The van der Waals surface area contributed by atoms with Gasteiger partial charge in [0.15, 0.2) is 23.3 Å². The Kier molecular flexibility index (Phi) is 4.46. The first kappa shape index (κ1) is 15.4. The molecular weight excluding hydrogens is 365 g/mol. The van der Waals surface area contributed by atoms with Crippen LogP contribution in [0.25, 0.3) is 0 Å². The van der Waals surface area contributed by atoms with Gasteiger partial charge < -0.3 is 5.32 Å². The van der Waals surface area contributed by atoms with Crippen molar-refractivity contribution in [1.29, 1.82) is 0 Å². The van der Waals surface area contributed by atoms with E-state index < -0.39 is 40.7 Å². The van der Waals surface area contributed by atoms with E-state index in [2.05, 4.69) is 21.2 Å². The van der Waals surface area contributed by atoms with Crippen molar-refractivity contribution < 1.29 is 22.0 Å². The first-order valence-electron chi connectivity index (χ1n) is 5.32. The number of benzene rings is 1. The second-order valence-corrected chi connectivity index (χ2v) is 6.34. The van der Waals surface area contributed by atoms with Crippen molar-refractivity contribution in [1.82, 2.24) is 5.32 Å². The van der Waals surface area contributed by atoms with Crippen LogP contribution >= 0.6 is 27.3 Å². The van der Waals surface area contributed by atoms with Gasteiger partial charge in [-0.05, 0) is 35.1 Å². The van der Waals surface area contributed by atoms with Crippen LogP contribution in [0.5, 0.6) is 0 Å². The molecule has 8 heteroatoms. The second kappa shape index (κ2) is 5.79. The Hall–Kier alpha value is -0.990. The van der Waals surface area contributed by atoms with Gasteiger partial charge in [0.25, 0.3) is 0 Å². The maximum atomic E-state index is 13.8. The fourth-order valence-corrected chi connectivity index (χ4v) is 3.33. The number of thiophene rings is 1. The summed E-state index contributed by atoms with van der Waals surface area (Å²) in [6.07, 6.45) is 0. The molecule has 0 fully saturated rings. The molecule has 20 heavy (non-hydrogen) atoms. The minimum atomic E-state index is -2.16. The SMILES string of the molecule is CNC(c1ccc(Br)s1)c1c(F)c(F)c(F)c(F)c1F. The van der Waals surface area contributed by atoms with Crippen LogP contribution in [0.1, 0.15) is 16.5 Å². The van der Waals surface area contributed by atoms with E-state index in [4.69, 9.17) is 0 Å². The van der Waals surface area contributed by atoms with Gasteiger partial charge in [0.2, 0.25) is 5.82 Å². The number of hydrogen-bond donors (Lipinski definition) is 1. The van der Waals surface area contributed by atoms with Crippen molar-refractivity contribution in [3.63, 3.8) is 0 Å². The Morgan fingerprint density at radius 1 is 0.950 bits per heavy atom. The lowest BCUT2D eigenvalue weighted by Gasteiger charge is -2.17. The zero-order valence-electron chi connectivity index (χ0n) is 9.91. The monoisotopic (exact) mass is 371 g/mol. The fourth-order valence-electron chi connectivity index (χ4n) is 1.79. The summed E-state index contributed by atoms with van der Waals surface area (Å²) < 4.78 is 67.7. The highest BCUT2D eigenvalue weighted by molar-refractivity contribution is 9.11. The molecule has 0 aliphatic carbocycles. The molecule has 108 valence electrons. The van der Waals surface area contributed by atoms with E-state index in [9.17, 15) is 22.0 Å². The summed E-state index contributed by atoms with van der Waals surface area (Å²) in [6.45, 7) is 0. The molecule has 0 aliphatic rings. The molecular formula is C12H7BrF5NS. The molecule has 0 bridgehead atoms. The molecule has 1 atom stereocenters. The minimum absolute atomic E-state index is 0.419. The van der Waals surface area contributed by atoms with Gasteiger partial charge in [-0.2, -0.15) is 0 Å². The summed E-state index contributed by atoms with van der Waals surface area (Å²) >= 11 is 4.31. The number of nitrogens with one attached hydrogen (secondary N) is 1. The van der Waals surface area contributed by atoms with E-state index in [1.54, 1.807) is 6.07 Å². The summed E-state index contributed by atoms with van der Waals surface area (Å²) in [5.74, 6) is -9.72. The number of halogens is 6. The van der Waals surface area contributed by atoms with Crippen molar-refractivity contribution in [2.45, 2.75) is 6.04 Å². The van der Waals surface area contributed by atoms with Crippen LogP contribution in [0.2, 0.25) is 0 Å². The standard InChI is InChI=1S/C12H7BrF5NS/c1-19-12(4-2-3-5(13)20-4)6-7(14)9(16)11(18)10(17)8(6)15/h2-3,12,19H,1H3. The van der Waals surface area contributed by atoms with Crippen LogP contribution in [-0.4, -0.2) is 7.05 Å². The van der Waals surface area contributed by atoms with Crippen molar-refractivity contribution in [3.05, 3.63) is 55.4 Å². The highest BCUT2D eigenvalue weighted by atomic mass is 79.9. The highest BCUT2D eigenvalue weighted by Crippen LogP contribution is 2.35. The molecule has 1 N–H and O–H groups in total. The molecule has 0 radical (unpaired) electrons. The summed E-state index contributed by atoms with van der Waals surface area (Å²) in [5, 5.41) is 2.56. The Balaban J connectivity index is 2.67. The minimum Gasteiger partial charge on any atom is -0.308 e. The molecule has 1 aromatic carbocycles. The van der Waals surface area contributed by atoms with Crippen molar-refractivity contribution in [3.8, 4) is 0 Å². The maximum Gasteiger partial charge on any atom is 0.200 e. The topological polar surface area (TPSA) is 12.0 Å². The average molecular weight is 372 g/mol. The molecule has 0 amide bonds. The number of hydrogen-bond acceptors (Lipinski definition) is 2. The smallest absolute Gasteiger partial charge is 0.200 e. The fraction of sp³-hybridized carbons (Fsp3) is 0.167. The molecule has 0 saturated heterocycles. The largest absolute Gasteiger partial charge is 0.308 e. The van der Waals surface area contributed by atoms with Crippen LogP contribution in [0.3, 0.4) is 0 Å². The second-order valence-electron chi connectivity index (χ2n) is 3.85. The molecule has 0 saturated carbocycles. The lowest BCUT2D eigenvalue weighted by Crippen LogP contribution is -2.21. The lowest BCUT2D eigenvalue weighted by atomic mass is 10.0. The molecule has 0 aliphatic heterocycles. The third-order valence-electron chi connectivity index (χ3n) is 2.70. The molecule has 1 nitrogen and oxygen atoms in total. The van der Waals surface area contributed by atoms with E-state index >= 15 is 0 Å². The van der Waals surface area contributed by atoms with Crippen molar-refractivity contribution in [2.75, 3.05) is 7.05 Å². The van der Waals surface area contributed by atoms with Crippen molar-refractivity contribution >= 4 is 27.3 Å². The van der Waals surface area contributed by atoms with Gasteiger partial charge in [-0.3, -0.25) is 0 Å². The summed E-state index contributed by atoms with van der Waals surface area (Å²) in [4.78, 5) is 0.419. The van der Waals surface area contributed by atoms with Gasteiger partial charge in [0.05, 0.1) is 15.4 Å². The van der Waals surface area contributed by atoms with Crippen molar-refractivity contribution in [2.24, 2.45) is 0 Å². The van der Waals surface area contributed by atoms with E-state index in [0.717, 1.165) is 11.3 Å². The molecule has 1 heterocycles. The van der Waals surface area contributed by atoms with E-state index in [0.29, 0.717) is 8.66 Å².